The van der Waals surface area contributed by atoms with Crippen LogP contribution in [-0.4, -0.2) is 16.6 Å². The fourth-order valence-electron chi connectivity index (χ4n) is 3.05. The standard InChI is InChI=1S/C20H20N4S2/c1-4-24-17(12-14-7-5-6-10-22-14)26-18(19(24)21)20-23(3)15-11-13(2)8-9-16(15)25-20/h5-12,21H,4H2,1-3H3/b17-12-,20-18+,21-19?. The SMILES string of the molecule is CCn1c(=N)/c(=C2\Sc3ccc(C)cc3N2C)s/c1=C\c1ccccn1. The number of nitrogens with one attached hydrogen (secondary N) is 1. The van der Waals surface area contributed by atoms with E-state index in [1.54, 1.807) is 29.3 Å². The first-order valence-corrected chi connectivity index (χ1v) is 10.2. The summed E-state index contributed by atoms with van der Waals surface area (Å²) in [4.78, 5) is 7.86. The molecule has 0 aliphatic carbocycles. The summed E-state index contributed by atoms with van der Waals surface area (Å²) in [5, 5.41) is 9.84. The highest BCUT2D eigenvalue weighted by Gasteiger charge is 2.24. The van der Waals surface area contributed by atoms with Crippen molar-refractivity contribution in [2.75, 3.05) is 11.9 Å². The molecule has 0 saturated heterocycles. The average molecular weight is 381 g/mol. The number of hydrogen-bond acceptors (Lipinski definition) is 5. The van der Waals surface area contributed by atoms with Crippen LogP contribution in [0.1, 0.15) is 18.2 Å². The fraction of sp³-hybridized carbons (Fsp3) is 0.200. The molecule has 26 heavy (non-hydrogen) atoms. The molecule has 1 N–H and O–H groups in total. The molecule has 0 fully saturated rings. The molecule has 1 aliphatic rings. The minimum Gasteiger partial charge on any atom is -0.337 e. The van der Waals surface area contributed by atoms with Crippen LogP contribution in [0.3, 0.4) is 0 Å². The maximum atomic E-state index is 8.71. The minimum absolute atomic E-state index is 0.568. The summed E-state index contributed by atoms with van der Waals surface area (Å²) in [7, 11) is 2.09. The van der Waals surface area contributed by atoms with Crippen molar-refractivity contribution in [2.45, 2.75) is 25.3 Å². The van der Waals surface area contributed by atoms with E-state index in [4.69, 9.17) is 5.41 Å². The maximum absolute atomic E-state index is 8.71. The predicted octanol–water partition coefficient (Wildman–Crippen LogP) is 2.89. The van der Waals surface area contributed by atoms with Crippen LogP contribution >= 0.6 is 23.1 Å². The molecule has 4 rings (SSSR count). The highest BCUT2D eigenvalue weighted by molar-refractivity contribution is 8.08. The smallest absolute Gasteiger partial charge is 0.146 e. The molecule has 0 saturated carbocycles. The van der Waals surface area contributed by atoms with Gasteiger partial charge in [-0.15, -0.1) is 11.3 Å². The van der Waals surface area contributed by atoms with Crippen molar-refractivity contribution in [1.29, 1.82) is 5.41 Å². The zero-order valence-corrected chi connectivity index (χ0v) is 16.6. The molecule has 3 heterocycles. The van der Waals surface area contributed by atoms with Gasteiger partial charge in [0.2, 0.25) is 0 Å². The molecule has 1 aliphatic heterocycles. The maximum Gasteiger partial charge on any atom is 0.146 e. The van der Waals surface area contributed by atoms with Gasteiger partial charge in [-0.05, 0) is 49.8 Å². The normalized spacial score (nSPS) is 16.3. The molecule has 0 radical (unpaired) electrons. The number of aryl methyl sites for hydroxylation is 1. The van der Waals surface area contributed by atoms with Gasteiger partial charge >= 0.3 is 0 Å². The van der Waals surface area contributed by atoms with Crippen molar-refractivity contribution >= 4 is 39.9 Å². The largest absolute Gasteiger partial charge is 0.337 e. The zero-order valence-electron chi connectivity index (χ0n) is 15.0. The molecule has 6 heteroatoms. The summed E-state index contributed by atoms with van der Waals surface area (Å²) in [5.41, 5.74) is 3.95. The van der Waals surface area contributed by atoms with E-state index in [2.05, 4.69) is 55.1 Å². The Morgan fingerprint density at radius 2 is 2.08 bits per heavy atom. The third-order valence-corrected chi connectivity index (χ3v) is 6.92. The number of thiazole rings is 1. The average Bonchev–Trinajstić information content (AvgIpc) is 3.12. The number of nitrogens with zero attached hydrogens (tertiary/aromatic N) is 3. The van der Waals surface area contributed by atoms with Gasteiger partial charge in [0.05, 0.1) is 16.0 Å². The van der Waals surface area contributed by atoms with Crippen LogP contribution in [0, 0.1) is 12.3 Å². The lowest BCUT2D eigenvalue weighted by atomic mass is 10.2. The van der Waals surface area contributed by atoms with Gasteiger partial charge in [0.25, 0.3) is 0 Å². The van der Waals surface area contributed by atoms with Crippen molar-refractivity contribution < 1.29 is 0 Å². The Bertz CT molecular complexity index is 1140. The van der Waals surface area contributed by atoms with Gasteiger partial charge < -0.3 is 9.47 Å². The Kier molecular flexibility index (Phi) is 4.46. The topological polar surface area (TPSA) is 44.9 Å². The van der Waals surface area contributed by atoms with E-state index in [-0.39, 0.29) is 0 Å². The number of fused-ring (bicyclic) bond motifs is 1. The molecule has 3 aromatic rings. The summed E-state index contributed by atoms with van der Waals surface area (Å²) in [6.45, 7) is 4.96. The van der Waals surface area contributed by atoms with Crippen molar-refractivity contribution in [3.63, 3.8) is 0 Å². The molecule has 2 aromatic heterocycles. The molecular formula is C20H20N4S2. The molecular weight excluding hydrogens is 360 g/mol. The Hall–Kier alpha value is -2.31. The van der Waals surface area contributed by atoms with Gasteiger partial charge in [-0.3, -0.25) is 10.4 Å². The first kappa shape index (κ1) is 17.1. The van der Waals surface area contributed by atoms with E-state index in [1.165, 1.54) is 16.1 Å². The van der Waals surface area contributed by atoms with Gasteiger partial charge in [-0.1, -0.05) is 23.9 Å². The van der Waals surface area contributed by atoms with E-state index >= 15 is 0 Å². The van der Waals surface area contributed by atoms with Crippen LogP contribution in [0.15, 0.2) is 47.5 Å². The quantitative estimate of drug-likeness (QED) is 0.744. The predicted molar refractivity (Wildman–Crippen MR) is 110 cm³/mol. The van der Waals surface area contributed by atoms with Crippen molar-refractivity contribution in [3.05, 3.63) is 68.5 Å². The Balaban J connectivity index is 1.93. The molecule has 0 atom stereocenters. The van der Waals surface area contributed by atoms with Gasteiger partial charge in [-0.2, -0.15) is 0 Å². The highest BCUT2D eigenvalue weighted by Crippen LogP contribution is 2.45. The molecule has 0 bridgehead atoms. The Labute approximate surface area is 160 Å². The molecule has 132 valence electrons. The van der Waals surface area contributed by atoms with E-state index in [0.29, 0.717) is 5.49 Å². The van der Waals surface area contributed by atoms with Gasteiger partial charge in [-0.25, -0.2) is 0 Å². The van der Waals surface area contributed by atoms with Crippen LogP contribution in [-0.2, 0) is 6.54 Å². The molecule has 0 unspecified atom stereocenters. The van der Waals surface area contributed by atoms with Crippen LogP contribution in [0.4, 0.5) is 5.69 Å². The second-order valence-corrected chi connectivity index (χ2v) is 8.26. The molecule has 0 amide bonds. The van der Waals surface area contributed by atoms with E-state index < -0.39 is 0 Å². The van der Waals surface area contributed by atoms with Crippen LogP contribution < -0.4 is 19.6 Å². The number of aromatic nitrogens is 2. The van der Waals surface area contributed by atoms with E-state index in [0.717, 1.165) is 26.5 Å². The number of rotatable bonds is 2. The first-order chi connectivity index (χ1) is 12.6. The summed E-state index contributed by atoms with van der Waals surface area (Å²) < 4.78 is 4.11. The first-order valence-electron chi connectivity index (χ1n) is 8.52. The fourth-order valence-corrected chi connectivity index (χ4v) is 5.52. The lowest BCUT2D eigenvalue weighted by molar-refractivity contribution is 0.698. The zero-order chi connectivity index (χ0) is 18.3. The van der Waals surface area contributed by atoms with E-state index in [1.807, 2.05) is 22.8 Å². The summed E-state index contributed by atoms with van der Waals surface area (Å²) >= 11 is 3.41. The summed E-state index contributed by atoms with van der Waals surface area (Å²) in [6, 6.07) is 12.4. The molecule has 1 aromatic carbocycles. The molecule has 0 spiro atoms. The molecule has 4 nitrogen and oxygen atoms in total. The Morgan fingerprint density at radius 1 is 1.23 bits per heavy atom. The van der Waals surface area contributed by atoms with Crippen LogP contribution in [0.25, 0.3) is 11.1 Å². The lowest BCUT2D eigenvalue weighted by Crippen LogP contribution is -2.33. The van der Waals surface area contributed by atoms with Crippen LogP contribution in [0.5, 0.6) is 0 Å². The third-order valence-electron chi connectivity index (χ3n) is 4.41. The van der Waals surface area contributed by atoms with Crippen molar-refractivity contribution in [1.82, 2.24) is 9.55 Å². The summed E-state index contributed by atoms with van der Waals surface area (Å²) in [6.07, 6.45) is 3.86. The number of benzene rings is 1. The second kappa shape index (κ2) is 6.78. The number of anilines is 1. The monoisotopic (exact) mass is 380 g/mol. The van der Waals surface area contributed by atoms with Gasteiger partial charge in [0.15, 0.2) is 0 Å². The number of hydrogen-bond donors (Lipinski definition) is 1. The van der Waals surface area contributed by atoms with Gasteiger partial charge in [0.1, 0.15) is 15.0 Å². The Morgan fingerprint density at radius 3 is 2.81 bits per heavy atom. The summed E-state index contributed by atoms with van der Waals surface area (Å²) in [5.74, 6) is 0. The highest BCUT2D eigenvalue weighted by atomic mass is 32.2. The number of thioether (sulfide) groups is 1. The van der Waals surface area contributed by atoms with Gasteiger partial charge in [0, 0.05) is 24.7 Å². The lowest BCUT2D eigenvalue weighted by Gasteiger charge is -2.13. The number of pyridine rings is 1. The third kappa shape index (κ3) is 2.89. The van der Waals surface area contributed by atoms with Crippen molar-refractivity contribution in [2.24, 2.45) is 0 Å². The van der Waals surface area contributed by atoms with E-state index in [9.17, 15) is 0 Å². The van der Waals surface area contributed by atoms with Crippen LogP contribution in [0.2, 0.25) is 0 Å². The second-order valence-electron chi connectivity index (χ2n) is 6.20. The van der Waals surface area contributed by atoms with Crippen molar-refractivity contribution in [3.8, 4) is 0 Å². The minimum atomic E-state index is 0.568.